The van der Waals surface area contributed by atoms with Crippen molar-refractivity contribution in [3.05, 3.63) is 28.6 Å². The minimum absolute atomic E-state index is 0.0737. The number of methoxy groups -OCH3 is 1. The summed E-state index contributed by atoms with van der Waals surface area (Å²) in [5, 5.41) is 8.74. The van der Waals surface area contributed by atoms with Gasteiger partial charge in [-0.05, 0) is 5.56 Å². The summed E-state index contributed by atoms with van der Waals surface area (Å²) in [4.78, 5) is 14.8. The third kappa shape index (κ3) is 2.37. The summed E-state index contributed by atoms with van der Waals surface area (Å²) in [6.45, 7) is -0.283. The maximum absolute atomic E-state index is 12.9. The second-order valence-electron chi connectivity index (χ2n) is 3.02. The van der Waals surface area contributed by atoms with Crippen LogP contribution in [0, 0.1) is 11.3 Å². The molecule has 1 heterocycles. The van der Waals surface area contributed by atoms with Crippen LogP contribution in [-0.4, -0.2) is 18.1 Å². The molecule has 0 radical (unpaired) electrons. The SMILES string of the molecule is COC(=O)c1ncc(C#N)c(CN)c1C(F)F. The van der Waals surface area contributed by atoms with Gasteiger partial charge in [-0.3, -0.25) is 0 Å². The number of ether oxygens (including phenoxy) is 1. The molecule has 0 aliphatic rings. The quantitative estimate of drug-likeness (QED) is 0.801. The highest BCUT2D eigenvalue weighted by molar-refractivity contribution is 5.89. The maximum Gasteiger partial charge on any atom is 0.357 e. The fourth-order valence-corrected chi connectivity index (χ4v) is 1.38. The third-order valence-electron chi connectivity index (χ3n) is 2.15. The topological polar surface area (TPSA) is 89.0 Å². The van der Waals surface area contributed by atoms with Crippen molar-refractivity contribution in [3.63, 3.8) is 0 Å². The molecule has 1 rings (SSSR count). The average Bonchev–Trinajstić information content (AvgIpc) is 2.35. The van der Waals surface area contributed by atoms with Crippen molar-refractivity contribution in [1.82, 2.24) is 4.98 Å². The van der Waals surface area contributed by atoms with Crippen LogP contribution in [0.15, 0.2) is 6.20 Å². The summed E-state index contributed by atoms with van der Waals surface area (Å²) in [6.07, 6.45) is -1.93. The lowest BCUT2D eigenvalue weighted by atomic mass is 10.0. The van der Waals surface area contributed by atoms with Gasteiger partial charge in [-0.25, -0.2) is 18.6 Å². The molecular weight excluding hydrogens is 232 g/mol. The van der Waals surface area contributed by atoms with Gasteiger partial charge in [0.25, 0.3) is 6.43 Å². The van der Waals surface area contributed by atoms with Crippen molar-refractivity contribution in [2.45, 2.75) is 13.0 Å². The molecule has 0 unspecified atom stereocenters. The Morgan fingerprint density at radius 3 is 2.76 bits per heavy atom. The monoisotopic (exact) mass is 241 g/mol. The van der Waals surface area contributed by atoms with Crippen LogP contribution >= 0.6 is 0 Å². The number of nitrogens with two attached hydrogens (primary N) is 1. The summed E-state index contributed by atoms with van der Waals surface area (Å²) in [5.41, 5.74) is 4.00. The molecular formula is C10H9F2N3O2. The normalized spacial score (nSPS) is 10.1. The zero-order valence-corrected chi connectivity index (χ0v) is 8.91. The fourth-order valence-electron chi connectivity index (χ4n) is 1.38. The molecule has 0 spiro atoms. The molecule has 1 aromatic rings. The smallest absolute Gasteiger partial charge is 0.357 e. The number of esters is 1. The molecule has 17 heavy (non-hydrogen) atoms. The molecule has 2 N–H and O–H groups in total. The predicted molar refractivity (Wildman–Crippen MR) is 53.1 cm³/mol. The highest BCUT2D eigenvalue weighted by Crippen LogP contribution is 2.28. The van der Waals surface area contributed by atoms with Gasteiger partial charge in [-0.2, -0.15) is 5.26 Å². The Bertz CT molecular complexity index is 483. The first kappa shape index (κ1) is 13.0. The van der Waals surface area contributed by atoms with Crippen LogP contribution in [0.25, 0.3) is 0 Å². The first-order valence-electron chi connectivity index (χ1n) is 4.55. The summed E-state index contributed by atoms with van der Waals surface area (Å²) in [7, 11) is 1.06. The van der Waals surface area contributed by atoms with Crippen LogP contribution in [0.2, 0.25) is 0 Å². The number of alkyl halides is 2. The standard InChI is InChI=1S/C10H9F2N3O2/c1-17-10(16)8-7(9(11)12)6(3-14)5(2-13)4-15-8/h4,9H,3,14H2,1H3. The number of carbonyl (C=O) groups excluding carboxylic acids is 1. The van der Waals surface area contributed by atoms with Gasteiger partial charge in [0.1, 0.15) is 6.07 Å². The molecule has 0 fully saturated rings. The third-order valence-corrected chi connectivity index (χ3v) is 2.15. The Labute approximate surface area is 95.8 Å². The maximum atomic E-state index is 12.9. The number of halogens is 2. The van der Waals surface area contributed by atoms with E-state index in [0.29, 0.717) is 0 Å². The number of carbonyl (C=O) groups is 1. The summed E-state index contributed by atoms with van der Waals surface area (Å²) >= 11 is 0. The van der Waals surface area contributed by atoms with Crippen LogP contribution in [0.1, 0.15) is 33.6 Å². The molecule has 0 saturated heterocycles. The summed E-state index contributed by atoms with van der Waals surface area (Å²) in [5.74, 6) is -0.987. The summed E-state index contributed by atoms with van der Waals surface area (Å²) < 4.78 is 30.1. The highest BCUT2D eigenvalue weighted by atomic mass is 19.3. The zero-order valence-electron chi connectivity index (χ0n) is 8.91. The first-order chi connectivity index (χ1) is 8.06. The van der Waals surface area contributed by atoms with E-state index >= 15 is 0 Å². The average molecular weight is 241 g/mol. The van der Waals surface area contributed by atoms with Crippen molar-refractivity contribution in [2.75, 3.05) is 7.11 Å². The van der Waals surface area contributed by atoms with Crippen LogP contribution in [0.5, 0.6) is 0 Å². The van der Waals surface area contributed by atoms with E-state index in [1.165, 1.54) is 0 Å². The molecule has 0 bridgehead atoms. The van der Waals surface area contributed by atoms with Crippen LogP contribution < -0.4 is 5.73 Å². The number of nitrogens with zero attached hydrogens (tertiary/aromatic N) is 2. The molecule has 0 atom stereocenters. The zero-order chi connectivity index (χ0) is 13.0. The van der Waals surface area contributed by atoms with Gasteiger partial charge in [0, 0.05) is 12.7 Å². The van der Waals surface area contributed by atoms with Gasteiger partial charge >= 0.3 is 5.97 Å². The molecule has 1 aromatic heterocycles. The number of aromatic nitrogens is 1. The van der Waals surface area contributed by atoms with Crippen LogP contribution in [0.3, 0.4) is 0 Å². The van der Waals surface area contributed by atoms with Crippen LogP contribution in [-0.2, 0) is 11.3 Å². The van der Waals surface area contributed by atoms with E-state index < -0.39 is 23.7 Å². The molecule has 90 valence electrons. The van der Waals surface area contributed by atoms with Gasteiger partial charge in [-0.15, -0.1) is 0 Å². The van der Waals surface area contributed by atoms with Crippen molar-refractivity contribution < 1.29 is 18.3 Å². The van der Waals surface area contributed by atoms with Crippen LogP contribution in [0.4, 0.5) is 8.78 Å². The molecule has 0 aromatic carbocycles. The number of rotatable bonds is 3. The second kappa shape index (κ2) is 5.32. The van der Waals surface area contributed by atoms with Crippen molar-refractivity contribution >= 4 is 5.97 Å². The largest absolute Gasteiger partial charge is 0.464 e. The van der Waals surface area contributed by atoms with E-state index in [0.717, 1.165) is 13.3 Å². The predicted octanol–water partition coefficient (Wildman–Crippen LogP) is 1.14. The Morgan fingerprint density at radius 2 is 2.35 bits per heavy atom. The minimum atomic E-state index is -2.96. The minimum Gasteiger partial charge on any atom is -0.464 e. The van der Waals surface area contributed by atoms with Crippen molar-refractivity contribution in [2.24, 2.45) is 5.73 Å². The Kier molecular flexibility index (Phi) is 4.06. The number of hydrogen-bond acceptors (Lipinski definition) is 5. The highest BCUT2D eigenvalue weighted by Gasteiger charge is 2.25. The van der Waals surface area contributed by atoms with Crippen molar-refractivity contribution in [1.29, 1.82) is 5.26 Å². The molecule has 0 saturated carbocycles. The molecule has 7 heteroatoms. The van der Waals surface area contributed by atoms with E-state index in [1.54, 1.807) is 6.07 Å². The van der Waals surface area contributed by atoms with Gasteiger partial charge in [0.2, 0.25) is 0 Å². The van der Waals surface area contributed by atoms with Gasteiger partial charge in [0.15, 0.2) is 5.69 Å². The van der Waals surface area contributed by atoms with E-state index in [4.69, 9.17) is 11.0 Å². The van der Waals surface area contributed by atoms with E-state index in [9.17, 15) is 13.6 Å². The Morgan fingerprint density at radius 1 is 1.71 bits per heavy atom. The Hall–Kier alpha value is -2.07. The lowest BCUT2D eigenvalue weighted by Crippen LogP contribution is -2.15. The van der Waals surface area contributed by atoms with Crippen molar-refractivity contribution in [3.8, 4) is 6.07 Å². The summed E-state index contributed by atoms with van der Waals surface area (Å²) in [6, 6.07) is 1.70. The molecule has 0 amide bonds. The Balaban J connectivity index is 3.54. The fraction of sp³-hybridized carbons (Fsp3) is 0.300. The van der Waals surface area contributed by atoms with E-state index in [1.807, 2.05) is 0 Å². The molecule has 0 aliphatic heterocycles. The number of hydrogen-bond donors (Lipinski definition) is 1. The number of pyridine rings is 1. The molecule has 5 nitrogen and oxygen atoms in total. The lowest BCUT2D eigenvalue weighted by molar-refractivity contribution is 0.0581. The first-order valence-corrected chi connectivity index (χ1v) is 4.55. The second-order valence-corrected chi connectivity index (χ2v) is 3.02. The van der Waals surface area contributed by atoms with E-state index in [-0.39, 0.29) is 17.7 Å². The van der Waals surface area contributed by atoms with E-state index in [2.05, 4.69) is 9.72 Å². The van der Waals surface area contributed by atoms with Gasteiger partial charge in [0.05, 0.1) is 18.2 Å². The molecule has 0 aliphatic carbocycles. The van der Waals surface area contributed by atoms with Gasteiger partial charge < -0.3 is 10.5 Å². The lowest BCUT2D eigenvalue weighted by Gasteiger charge is -2.11. The number of nitriles is 1. The van der Waals surface area contributed by atoms with Gasteiger partial charge in [-0.1, -0.05) is 0 Å².